The largest absolute Gasteiger partial charge is 0.467 e. The standard InChI is InChI=1S/C12H15N3O3S/c1-15(8-9-3-2-6-18-9)12-7-10(19(14,16)17)4-5-11(12)13/h2-7H,8,13H2,1H3,(H2,14,16,17). The number of rotatable bonds is 4. The number of hydrogen-bond donors (Lipinski definition) is 2. The molecule has 0 saturated heterocycles. The number of anilines is 2. The summed E-state index contributed by atoms with van der Waals surface area (Å²) in [6, 6.07) is 7.97. The predicted molar refractivity (Wildman–Crippen MR) is 73.0 cm³/mol. The first-order valence-corrected chi connectivity index (χ1v) is 7.08. The Kier molecular flexibility index (Phi) is 3.50. The lowest BCUT2D eigenvalue weighted by Gasteiger charge is -2.20. The highest BCUT2D eigenvalue weighted by molar-refractivity contribution is 7.89. The van der Waals surface area contributed by atoms with Gasteiger partial charge < -0.3 is 15.1 Å². The van der Waals surface area contributed by atoms with E-state index in [0.29, 0.717) is 17.9 Å². The fraction of sp³-hybridized carbons (Fsp3) is 0.167. The van der Waals surface area contributed by atoms with Crippen molar-refractivity contribution in [2.45, 2.75) is 11.4 Å². The van der Waals surface area contributed by atoms with Gasteiger partial charge in [-0.3, -0.25) is 0 Å². The van der Waals surface area contributed by atoms with Crippen molar-refractivity contribution in [2.24, 2.45) is 5.14 Å². The minimum Gasteiger partial charge on any atom is -0.467 e. The van der Waals surface area contributed by atoms with Gasteiger partial charge in [0.2, 0.25) is 10.0 Å². The molecule has 0 amide bonds. The molecular weight excluding hydrogens is 266 g/mol. The molecular formula is C12H15N3O3S. The van der Waals surface area contributed by atoms with Crippen molar-refractivity contribution in [1.29, 1.82) is 0 Å². The maximum atomic E-state index is 11.3. The van der Waals surface area contributed by atoms with E-state index in [1.807, 2.05) is 6.07 Å². The molecule has 0 aliphatic heterocycles. The molecule has 102 valence electrons. The number of primary sulfonamides is 1. The van der Waals surface area contributed by atoms with E-state index in [-0.39, 0.29) is 4.90 Å². The molecule has 6 nitrogen and oxygen atoms in total. The van der Waals surface area contributed by atoms with Crippen LogP contribution in [0.2, 0.25) is 0 Å². The molecule has 0 spiro atoms. The molecule has 0 aliphatic rings. The Morgan fingerprint density at radius 2 is 2.05 bits per heavy atom. The fourth-order valence-corrected chi connectivity index (χ4v) is 2.29. The number of nitrogens with zero attached hydrogens (tertiary/aromatic N) is 1. The zero-order valence-electron chi connectivity index (χ0n) is 10.4. The summed E-state index contributed by atoms with van der Waals surface area (Å²) in [4.78, 5) is 1.83. The van der Waals surface area contributed by atoms with Crippen molar-refractivity contribution in [2.75, 3.05) is 17.7 Å². The maximum absolute atomic E-state index is 11.3. The molecule has 0 saturated carbocycles. The van der Waals surface area contributed by atoms with Crippen LogP contribution in [-0.4, -0.2) is 15.5 Å². The van der Waals surface area contributed by atoms with Crippen LogP contribution in [0.5, 0.6) is 0 Å². The minimum atomic E-state index is -3.74. The molecule has 0 fully saturated rings. The first kappa shape index (κ1) is 13.4. The van der Waals surface area contributed by atoms with Gasteiger partial charge in [0.05, 0.1) is 29.1 Å². The Morgan fingerprint density at radius 3 is 2.63 bits per heavy atom. The van der Waals surface area contributed by atoms with Crippen molar-refractivity contribution in [3.63, 3.8) is 0 Å². The second kappa shape index (κ2) is 4.94. The van der Waals surface area contributed by atoms with Crippen LogP contribution >= 0.6 is 0 Å². The third-order valence-electron chi connectivity index (χ3n) is 2.71. The molecule has 0 bridgehead atoms. The third kappa shape index (κ3) is 3.07. The van der Waals surface area contributed by atoms with Crippen molar-refractivity contribution in [1.82, 2.24) is 0 Å². The van der Waals surface area contributed by atoms with Gasteiger partial charge in [-0.2, -0.15) is 0 Å². The highest BCUT2D eigenvalue weighted by Gasteiger charge is 2.13. The summed E-state index contributed by atoms with van der Waals surface area (Å²) in [6.07, 6.45) is 1.58. The molecule has 0 unspecified atom stereocenters. The Balaban J connectivity index is 2.33. The maximum Gasteiger partial charge on any atom is 0.238 e. The molecule has 1 aromatic heterocycles. The lowest BCUT2D eigenvalue weighted by Crippen LogP contribution is -2.19. The van der Waals surface area contributed by atoms with Crippen LogP contribution in [0, 0.1) is 0 Å². The number of hydrogen-bond acceptors (Lipinski definition) is 5. The van der Waals surface area contributed by atoms with Gasteiger partial charge in [0.25, 0.3) is 0 Å². The van der Waals surface area contributed by atoms with Crippen LogP contribution in [0.15, 0.2) is 45.9 Å². The van der Waals surface area contributed by atoms with Crippen molar-refractivity contribution >= 4 is 21.4 Å². The second-order valence-electron chi connectivity index (χ2n) is 4.20. The summed E-state index contributed by atoms with van der Waals surface area (Å²) in [7, 11) is -1.95. The second-order valence-corrected chi connectivity index (χ2v) is 5.76. The molecule has 0 atom stereocenters. The SMILES string of the molecule is CN(Cc1ccco1)c1cc(S(N)(=O)=O)ccc1N. The van der Waals surface area contributed by atoms with Gasteiger partial charge in [-0.25, -0.2) is 13.6 Å². The summed E-state index contributed by atoms with van der Waals surface area (Å²) in [5, 5.41) is 5.11. The van der Waals surface area contributed by atoms with E-state index in [1.54, 1.807) is 24.3 Å². The lowest BCUT2D eigenvalue weighted by atomic mass is 10.2. The fourth-order valence-electron chi connectivity index (χ4n) is 1.75. The van der Waals surface area contributed by atoms with E-state index < -0.39 is 10.0 Å². The van der Waals surface area contributed by atoms with E-state index in [1.165, 1.54) is 18.2 Å². The van der Waals surface area contributed by atoms with Gasteiger partial charge in [-0.1, -0.05) is 0 Å². The van der Waals surface area contributed by atoms with Crippen molar-refractivity contribution in [3.05, 3.63) is 42.4 Å². The molecule has 7 heteroatoms. The van der Waals surface area contributed by atoms with Gasteiger partial charge >= 0.3 is 0 Å². The van der Waals surface area contributed by atoms with Crippen LogP contribution in [-0.2, 0) is 16.6 Å². The first-order valence-electron chi connectivity index (χ1n) is 5.54. The zero-order valence-corrected chi connectivity index (χ0v) is 11.2. The molecule has 2 rings (SSSR count). The van der Waals surface area contributed by atoms with Crippen LogP contribution in [0.1, 0.15) is 5.76 Å². The number of nitrogen functional groups attached to an aromatic ring is 1. The predicted octanol–water partition coefficient (Wildman–Crippen LogP) is 1.15. The van der Waals surface area contributed by atoms with Crippen LogP contribution in [0.4, 0.5) is 11.4 Å². The van der Waals surface area contributed by atoms with Crippen LogP contribution < -0.4 is 15.8 Å². The Morgan fingerprint density at radius 1 is 1.32 bits per heavy atom. The number of nitrogens with two attached hydrogens (primary N) is 2. The van der Waals surface area contributed by atoms with Gasteiger partial charge in [0, 0.05) is 7.05 Å². The molecule has 4 N–H and O–H groups in total. The summed E-state index contributed by atoms with van der Waals surface area (Å²) in [5.74, 6) is 0.753. The van der Waals surface area contributed by atoms with E-state index in [9.17, 15) is 8.42 Å². The van der Waals surface area contributed by atoms with Gasteiger partial charge in [-0.05, 0) is 30.3 Å². The van der Waals surface area contributed by atoms with Gasteiger partial charge in [-0.15, -0.1) is 0 Å². The lowest BCUT2D eigenvalue weighted by molar-refractivity contribution is 0.507. The van der Waals surface area contributed by atoms with Crippen LogP contribution in [0.25, 0.3) is 0 Å². The Labute approximate surface area is 111 Å². The monoisotopic (exact) mass is 281 g/mol. The zero-order chi connectivity index (χ0) is 14.0. The quantitative estimate of drug-likeness (QED) is 0.818. The highest BCUT2D eigenvalue weighted by atomic mass is 32.2. The normalized spacial score (nSPS) is 11.5. The molecule has 0 radical (unpaired) electrons. The van der Waals surface area contributed by atoms with Crippen molar-refractivity contribution < 1.29 is 12.8 Å². The van der Waals surface area contributed by atoms with E-state index in [4.69, 9.17) is 15.3 Å². The van der Waals surface area contributed by atoms with E-state index >= 15 is 0 Å². The molecule has 1 aromatic carbocycles. The molecule has 19 heavy (non-hydrogen) atoms. The summed E-state index contributed by atoms with van der Waals surface area (Å²) in [6.45, 7) is 0.477. The van der Waals surface area contributed by atoms with Gasteiger partial charge in [0.1, 0.15) is 5.76 Å². The average molecular weight is 281 g/mol. The topological polar surface area (TPSA) is 103 Å². The van der Waals surface area contributed by atoms with E-state index in [2.05, 4.69) is 0 Å². The Bertz CT molecular complexity index is 666. The molecule has 1 heterocycles. The smallest absolute Gasteiger partial charge is 0.238 e. The average Bonchev–Trinajstić information content (AvgIpc) is 2.80. The number of furan rings is 1. The number of sulfonamides is 1. The molecule has 2 aromatic rings. The van der Waals surface area contributed by atoms with Crippen molar-refractivity contribution in [3.8, 4) is 0 Å². The van der Waals surface area contributed by atoms with E-state index in [0.717, 1.165) is 5.76 Å². The summed E-state index contributed by atoms with van der Waals surface area (Å²) < 4.78 is 27.9. The molecule has 0 aliphatic carbocycles. The van der Waals surface area contributed by atoms with Gasteiger partial charge in [0.15, 0.2) is 0 Å². The highest BCUT2D eigenvalue weighted by Crippen LogP contribution is 2.26. The first-order chi connectivity index (χ1) is 8.88. The van der Waals surface area contributed by atoms with Crippen LogP contribution in [0.3, 0.4) is 0 Å². The Hall–Kier alpha value is -1.99. The third-order valence-corrected chi connectivity index (χ3v) is 3.63. The number of benzene rings is 1. The summed E-state index contributed by atoms with van der Waals surface area (Å²) >= 11 is 0. The summed E-state index contributed by atoms with van der Waals surface area (Å²) in [5.41, 5.74) is 6.91. The minimum absolute atomic E-state index is 0.0306.